The second kappa shape index (κ2) is 5.32. The number of nitrogens with zero attached hydrogens (tertiary/aromatic N) is 1. The van der Waals surface area contributed by atoms with E-state index in [0.717, 1.165) is 23.1 Å². The quantitative estimate of drug-likeness (QED) is 0.729. The van der Waals surface area contributed by atoms with E-state index in [1.54, 1.807) is 0 Å². The van der Waals surface area contributed by atoms with Crippen LogP contribution in [0.2, 0.25) is 0 Å². The summed E-state index contributed by atoms with van der Waals surface area (Å²) in [6.07, 6.45) is 1.05. The summed E-state index contributed by atoms with van der Waals surface area (Å²) in [5, 5.41) is 8.99. The Labute approximate surface area is 95.7 Å². The van der Waals surface area contributed by atoms with Gasteiger partial charge in [0.05, 0.1) is 25.2 Å². The van der Waals surface area contributed by atoms with Crippen LogP contribution in [0, 0.1) is 18.3 Å². The maximum atomic E-state index is 11.2. The molecule has 3 nitrogen and oxygen atoms in total. The van der Waals surface area contributed by atoms with Gasteiger partial charge in [0.15, 0.2) is 0 Å². The van der Waals surface area contributed by atoms with E-state index < -0.39 is 0 Å². The molecule has 0 aliphatic rings. The van der Waals surface area contributed by atoms with E-state index in [2.05, 4.69) is 17.7 Å². The molecule has 0 radical (unpaired) electrons. The molecule has 0 aromatic heterocycles. The highest BCUT2D eigenvalue weighted by molar-refractivity contribution is 5.73. The van der Waals surface area contributed by atoms with E-state index in [1.807, 2.05) is 19.1 Å². The summed E-state index contributed by atoms with van der Waals surface area (Å²) in [5.41, 5.74) is 3.56. The van der Waals surface area contributed by atoms with Crippen LogP contribution < -0.4 is 0 Å². The van der Waals surface area contributed by atoms with E-state index in [9.17, 15) is 4.79 Å². The zero-order valence-corrected chi connectivity index (χ0v) is 9.83. The Hall–Kier alpha value is -1.82. The Kier molecular flexibility index (Phi) is 4.07. The number of esters is 1. The lowest BCUT2D eigenvalue weighted by Gasteiger charge is -2.08. The third-order valence-corrected chi connectivity index (χ3v) is 2.63. The normalized spacial score (nSPS) is 9.62. The lowest BCUT2D eigenvalue weighted by molar-refractivity contribution is -0.139. The number of hydrogen-bond donors (Lipinski definition) is 0. The lowest BCUT2D eigenvalue weighted by atomic mass is 9.96. The standard InChI is InChI=1S/C13H15NO2/c1-4-10-6-11(7-13(15)16-3)12(8-14)5-9(10)2/h5-6H,4,7H2,1-3H3. The van der Waals surface area contributed by atoms with Crippen LogP contribution in [0.1, 0.15) is 29.2 Å². The lowest BCUT2D eigenvalue weighted by Crippen LogP contribution is -2.07. The molecule has 0 unspecified atom stereocenters. The van der Waals surface area contributed by atoms with Crippen molar-refractivity contribution in [2.75, 3.05) is 7.11 Å². The second-order valence-electron chi connectivity index (χ2n) is 3.65. The fourth-order valence-electron chi connectivity index (χ4n) is 1.66. The zero-order chi connectivity index (χ0) is 12.1. The molecular formula is C13H15NO2. The van der Waals surface area contributed by atoms with Gasteiger partial charge in [-0.05, 0) is 36.1 Å². The molecular weight excluding hydrogens is 202 g/mol. The minimum absolute atomic E-state index is 0.159. The molecule has 1 rings (SSSR count). The molecule has 0 bridgehead atoms. The molecule has 0 spiro atoms. The van der Waals surface area contributed by atoms with Gasteiger partial charge >= 0.3 is 5.97 Å². The first-order valence-corrected chi connectivity index (χ1v) is 5.21. The van der Waals surface area contributed by atoms with Crippen molar-refractivity contribution >= 4 is 5.97 Å². The van der Waals surface area contributed by atoms with Crippen molar-refractivity contribution in [1.82, 2.24) is 0 Å². The third kappa shape index (κ3) is 2.60. The molecule has 3 heteroatoms. The number of hydrogen-bond acceptors (Lipinski definition) is 3. The molecule has 1 aromatic carbocycles. The summed E-state index contributed by atoms with van der Waals surface area (Å²) >= 11 is 0. The molecule has 16 heavy (non-hydrogen) atoms. The highest BCUT2D eigenvalue weighted by atomic mass is 16.5. The smallest absolute Gasteiger partial charge is 0.310 e. The summed E-state index contributed by atoms with van der Waals surface area (Å²) in [5.74, 6) is -0.317. The van der Waals surface area contributed by atoms with Crippen molar-refractivity contribution in [3.63, 3.8) is 0 Å². The average Bonchev–Trinajstić information content (AvgIpc) is 2.30. The Morgan fingerprint density at radius 3 is 2.62 bits per heavy atom. The van der Waals surface area contributed by atoms with Crippen LogP contribution >= 0.6 is 0 Å². The summed E-state index contributed by atoms with van der Waals surface area (Å²) in [4.78, 5) is 11.2. The van der Waals surface area contributed by atoms with Gasteiger partial charge in [-0.3, -0.25) is 4.79 Å². The summed E-state index contributed by atoms with van der Waals surface area (Å²) in [6, 6.07) is 5.86. The molecule has 0 saturated carbocycles. The minimum atomic E-state index is -0.317. The fourth-order valence-corrected chi connectivity index (χ4v) is 1.66. The largest absolute Gasteiger partial charge is 0.469 e. The Bertz CT molecular complexity index is 444. The van der Waals surface area contributed by atoms with Crippen molar-refractivity contribution in [2.45, 2.75) is 26.7 Å². The molecule has 84 valence electrons. The molecule has 0 amide bonds. The maximum absolute atomic E-state index is 11.2. The number of ether oxygens (including phenoxy) is 1. The Morgan fingerprint density at radius 2 is 2.12 bits per heavy atom. The van der Waals surface area contributed by atoms with Crippen LogP contribution in [-0.2, 0) is 22.4 Å². The van der Waals surface area contributed by atoms with Crippen LogP contribution in [0.3, 0.4) is 0 Å². The predicted molar refractivity (Wildman–Crippen MR) is 61.0 cm³/mol. The SMILES string of the molecule is CCc1cc(CC(=O)OC)c(C#N)cc1C. The van der Waals surface area contributed by atoms with Crippen LogP contribution in [0.25, 0.3) is 0 Å². The predicted octanol–water partition coefficient (Wildman–Crippen LogP) is 2.14. The number of nitriles is 1. The molecule has 0 N–H and O–H groups in total. The van der Waals surface area contributed by atoms with E-state index >= 15 is 0 Å². The summed E-state index contributed by atoms with van der Waals surface area (Å²) < 4.78 is 4.61. The van der Waals surface area contributed by atoms with Gasteiger partial charge in [0.25, 0.3) is 0 Å². The van der Waals surface area contributed by atoms with Gasteiger partial charge in [-0.1, -0.05) is 13.0 Å². The highest BCUT2D eigenvalue weighted by Gasteiger charge is 2.10. The Balaban J connectivity index is 3.16. The van der Waals surface area contributed by atoms with Crippen molar-refractivity contribution in [2.24, 2.45) is 0 Å². The number of carbonyl (C=O) groups excluding carboxylic acids is 1. The molecule has 0 fully saturated rings. The molecule has 0 aliphatic heterocycles. The molecule has 0 aliphatic carbocycles. The van der Waals surface area contributed by atoms with Gasteiger partial charge in [-0.15, -0.1) is 0 Å². The van der Waals surface area contributed by atoms with Crippen molar-refractivity contribution in [3.8, 4) is 6.07 Å². The first kappa shape index (κ1) is 12.3. The molecule has 1 aromatic rings. The van der Waals surface area contributed by atoms with E-state index in [0.29, 0.717) is 5.56 Å². The van der Waals surface area contributed by atoms with Gasteiger partial charge < -0.3 is 4.74 Å². The zero-order valence-electron chi connectivity index (χ0n) is 9.83. The molecule has 0 atom stereocenters. The number of aryl methyl sites for hydroxylation is 2. The van der Waals surface area contributed by atoms with E-state index in [4.69, 9.17) is 5.26 Å². The average molecular weight is 217 g/mol. The first-order valence-electron chi connectivity index (χ1n) is 5.21. The monoisotopic (exact) mass is 217 g/mol. The third-order valence-electron chi connectivity index (χ3n) is 2.63. The van der Waals surface area contributed by atoms with Gasteiger partial charge in [0.1, 0.15) is 0 Å². The van der Waals surface area contributed by atoms with Gasteiger partial charge in [-0.2, -0.15) is 5.26 Å². The fraction of sp³-hybridized carbons (Fsp3) is 0.385. The minimum Gasteiger partial charge on any atom is -0.469 e. The second-order valence-corrected chi connectivity index (χ2v) is 3.65. The first-order chi connectivity index (χ1) is 7.62. The van der Waals surface area contributed by atoms with Crippen LogP contribution in [0.5, 0.6) is 0 Å². The van der Waals surface area contributed by atoms with E-state index in [-0.39, 0.29) is 12.4 Å². The van der Waals surface area contributed by atoms with E-state index in [1.165, 1.54) is 7.11 Å². The number of benzene rings is 1. The summed E-state index contributed by atoms with van der Waals surface area (Å²) in [7, 11) is 1.35. The van der Waals surface area contributed by atoms with Crippen molar-refractivity contribution < 1.29 is 9.53 Å². The van der Waals surface area contributed by atoms with Gasteiger partial charge in [0.2, 0.25) is 0 Å². The van der Waals surface area contributed by atoms with Gasteiger partial charge in [0, 0.05) is 0 Å². The maximum Gasteiger partial charge on any atom is 0.310 e. The van der Waals surface area contributed by atoms with Crippen molar-refractivity contribution in [3.05, 3.63) is 34.4 Å². The Morgan fingerprint density at radius 1 is 1.44 bits per heavy atom. The van der Waals surface area contributed by atoms with Gasteiger partial charge in [-0.25, -0.2) is 0 Å². The van der Waals surface area contributed by atoms with Crippen LogP contribution in [0.4, 0.5) is 0 Å². The van der Waals surface area contributed by atoms with Crippen LogP contribution in [0.15, 0.2) is 12.1 Å². The number of methoxy groups -OCH3 is 1. The number of carbonyl (C=O) groups is 1. The van der Waals surface area contributed by atoms with Crippen molar-refractivity contribution in [1.29, 1.82) is 5.26 Å². The van der Waals surface area contributed by atoms with Crippen LogP contribution in [-0.4, -0.2) is 13.1 Å². The highest BCUT2D eigenvalue weighted by Crippen LogP contribution is 2.17. The molecule has 0 heterocycles. The topological polar surface area (TPSA) is 50.1 Å². The molecule has 0 saturated heterocycles. The summed E-state index contributed by atoms with van der Waals surface area (Å²) in [6.45, 7) is 4.03. The number of rotatable bonds is 3.